The molecule has 1 heterocycles. The molecule has 0 aliphatic carbocycles. The average molecular weight is 278 g/mol. The number of nitrogens with one attached hydrogen (secondary N) is 1. The molecule has 0 bridgehead atoms. The minimum Gasteiger partial charge on any atom is -0.306 e. The van der Waals surface area contributed by atoms with Gasteiger partial charge in [-0.3, -0.25) is 4.68 Å². The second-order valence-corrected chi connectivity index (χ2v) is 4.96. The van der Waals surface area contributed by atoms with Crippen molar-refractivity contribution in [2.45, 2.75) is 32.9 Å². The molecule has 1 aromatic carbocycles. The molecule has 3 nitrogen and oxygen atoms in total. The lowest BCUT2D eigenvalue weighted by molar-refractivity contribution is 0.597. The number of rotatable bonds is 6. The van der Waals surface area contributed by atoms with Crippen molar-refractivity contribution < 1.29 is 0 Å². The SMILES string of the molecule is CCCn1cc(C(NCC)c2ccccc2Cl)cn1. The molecule has 2 aromatic rings. The Morgan fingerprint density at radius 1 is 1.32 bits per heavy atom. The van der Waals surface area contributed by atoms with Crippen LogP contribution in [0.3, 0.4) is 0 Å². The predicted molar refractivity (Wildman–Crippen MR) is 79.5 cm³/mol. The Morgan fingerprint density at radius 3 is 2.79 bits per heavy atom. The standard InChI is InChI=1S/C15H20ClN3/c1-3-9-19-11-12(10-18-19)15(17-4-2)13-7-5-6-8-14(13)16/h5-8,10-11,15,17H,3-4,9H2,1-2H3. The van der Waals surface area contributed by atoms with E-state index in [0.29, 0.717) is 0 Å². The largest absolute Gasteiger partial charge is 0.306 e. The van der Waals surface area contributed by atoms with Crippen molar-refractivity contribution in [2.24, 2.45) is 0 Å². The molecule has 0 amide bonds. The van der Waals surface area contributed by atoms with E-state index in [2.05, 4.69) is 36.5 Å². The van der Waals surface area contributed by atoms with Gasteiger partial charge in [0.15, 0.2) is 0 Å². The minimum atomic E-state index is 0.101. The lowest BCUT2D eigenvalue weighted by atomic mass is 10.0. The van der Waals surface area contributed by atoms with Gasteiger partial charge in [0.2, 0.25) is 0 Å². The summed E-state index contributed by atoms with van der Waals surface area (Å²) in [7, 11) is 0. The smallest absolute Gasteiger partial charge is 0.0622 e. The van der Waals surface area contributed by atoms with Crippen molar-refractivity contribution in [2.75, 3.05) is 6.54 Å². The molecule has 2 rings (SSSR count). The van der Waals surface area contributed by atoms with Gasteiger partial charge < -0.3 is 5.32 Å². The molecular formula is C15H20ClN3. The Balaban J connectivity index is 2.31. The minimum absolute atomic E-state index is 0.101. The van der Waals surface area contributed by atoms with E-state index in [-0.39, 0.29) is 6.04 Å². The summed E-state index contributed by atoms with van der Waals surface area (Å²) in [5.41, 5.74) is 2.26. The van der Waals surface area contributed by atoms with Gasteiger partial charge in [0.05, 0.1) is 12.2 Å². The van der Waals surface area contributed by atoms with Gasteiger partial charge in [0.1, 0.15) is 0 Å². The lowest BCUT2D eigenvalue weighted by Crippen LogP contribution is -2.21. The highest BCUT2D eigenvalue weighted by Crippen LogP contribution is 2.27. The molecule has 0 fully saturated rings. The maximum atomic E-state index is 6.31. The summed E-state index contributed by atoms with van der Waals surface area (Å²) in [6.45, 7) is 6.08. The lowest BCUT2D eigenvalue weighted by Gasteiger charge is -2.18. The second-order valence-electron chi connectivity index (χ2n) is 4.55. The van der Waals surface area contributed by atoms with Crippen LogP contribution in [0.15, 0.2) is 36.7 Å². The van der Waals surface area contributed by atoms with Crippen molar-refractivity contribution in [3.63, 3.8) is 0 Å². The molecule has 1 unspecified atom stereocenters. The topological polar surface area (TPSA) is 29.9 Å². The van der Waals surface area contributed by atoms with Crippen LogP contribution in [0.4, 0.5) is 0 Å². The number of aromatic nitrogens is 2. The van der Waals surface area contributed by atoms with Crippen molar-refractivity contribution in [1.29, 1.82) is 0 Å². The highest BCUT2D eigenvalue weighted by atomic mass is 35.5. The van der Waals surface area contributed by atoms with Crippen molar-refractivity contribution >= 4 is 11.6 Å². The maximum Gasteiger partial charge on any atom is 0.0622 e. The highest BCUT2D eigenvalue weighted by molar-refractivity contribution is 6.31. The van der Waals surface area contributed by atoms with Crippen LogP contribution in [0.1, 0.15) is 37.4 Å². The molecule has 0 saturated heterocycles. The third-order valence-corrected chi connectivity index (χ3v) is 3.41. The number of aryl methyl sites for hydroxylation is 1. The fraction of sp³-hybridized carbons (Fsp3) is 0.400. The number of nitrogens with zero attached hydrogens (tertiary/aromatic N) is 2. The van der Waals surface area contributed by atoms with Gasteiger partial charge in [-0.25, -0.2) is 0 Å². The Labute approximate surface area is 119 Å². The van der Waals surface area contributed by atoms with Gasteiger partial charge in [-0.05, 0) is 24.6 Å². The molecule has 0 aliphatic rings. The van der Waals surface area contributed by atoms with Gasteiger partial charge in [-0.15, -0.1) is 0 Å². The Bertz CT molecular complexity index is 522. The molecule has 0 spiro atoms. The molecule has 1 aromatic heterocycles. The monoisotopic (exact) mass is 277 g/mol. The predicted octanol–water partition coefficient (Wildman–Crippen LogP) is 3.65. The van der Waals surface area contributed by atoms with Crippen LogP contribution in [0, 0.1) is 0 Å². The molecule has 0 saturated carbocycles. The summed E-state index contributed by atoms with van der Waals surface area (Å²) in [6.07, 6.45) is 5.10. The van der Waals surface area contributed by atoms with E-state index < -0.39 is 0 Å². The van der Waals surface area contributed by atoms with Crippen LogP contribution in [0.25, 0.3) is 0 Å². The number of halogens is 1. The first kappa shape index (κ1) is 14.1. The number of hydrogen-bond acceptors (Lipinski definition) is 2. The number of benzene rings is 1. The zero-order valence-corrected chi connectivity index (χ0v) is 12.2. The van der Waals surface area contributed by atoms with Crippen LogP contribution in [0.2, 0.25) is 5.02 Å². The molecule has 0 radical (unpaired) electrons. The van der Waals surface area contributed by atoms with Crippen LogP contribution < -0.4 is 5.32 Å². The van der Waals surface area contributed by atoms with E-state index >= 15 is 0 Å². The zero-order chi connectivity index (χ0) is 13.7. The first-order valence-electron chi connectivity index (χ1n) is 6.76. The number of hydrogen-bond donors (Lipinski definition) is 1. The van der Waals surface area contributed by atoms with E-state index in [1.165, 1.54) is 0 Å². The van der Waals surface area contributed by atoms with Gasteiger partial charge in [-0.2, -0.15) is 5.10 Å². The molecule has 0 aliphatic heterocycles. The Kier molecular flexibility index (Phi) is 5.00. The molecule has 1 N–H and O–H groups in total. The van der Waals surface area contributed by atoms with Gasteiger partial charge in [0, 0.05) is 23.3 Å². The van der Waals surface area contributed by atoms with E-state index in [0.717, 1.165) is 35.7 Å². The van der Waals surface area contributed by atoms with Crippen LogP contribution in [-0.4, -0.2) is 16.3 Å². The van der Waals surface area contributed by atoms with E-state index in [9.17, 15) is 0 Å². The third kappa shape index (κ3) is 3.37. The molecule has 4 heteroatoms. The maximum absolute atomic E-state index is 6.31. The van der Waals surface area contributed by atoms with Gasteiger partial charge in [0.25, 0.3) is 0 Å². The van der Waals surface area contributed by atoms with Gasteiger partial charge >= 0.3 is 0 Å². The third-order valence-electron chi connectivity index (χ3n) is 3.06. The first-order chi connectivity index (χ1) is 9.26. The molecule has 19 heavy (non-hydrogen) atoms. The summed E-state index contributed by atoms with van der Waals surface area (Å²) in [5.74, 6) is 0. The summed E-state index contributed by atoms with van der Waals surface area (Å²) in [6, 6.07) is 8.06. The highest BCUT2D eigenvalue weighted by Gasteiger charge is 2.17. The molecule has 102 valence electrons. The molecule has 1 atom stereocenters. The van der Waals surface area contributed by atoms with Crippen molar-refractivity contribution in [3.8, 4) is 0 Å². The normalized spacial score (nSPS) is 12.6. The summed E-state index contributed by atoms with van der Waals surface area (Å²) >= 11 is 6.31. The van der Waals surface area contributed by atoms with Gasteiger partial charge in [-0.1, -0.05) is 43.6 Å². The van der Waals surface area contributed by atoms with Crippen molar-refractivity contribution in [3.05, 3.63) is 52.8 Å². The Hall–Kier alpha value is -1.32. The first-order valence-corrected chi connectivity index (χ1v) is 7.14. The van der Waals surface area contributed by atoms with E-state index in [1.807, 2.05) is 29.1 Å². The van der Waals surface area contributed by atoms with E-state index in [4.69, 9.17) is 11.6 Å². The van der Waals surface area contributed by atoms with Crippen molar-refractivity contribution in [1.82, 2.24) is 15.1 Å². The molecular weight excluding hydrogens is 258 g/mol. The quantitative estimate of drug-likeness (QED) is 0.874. The van der Waals surface area contributed by atoms with Crippen LogP contribution in [-0.2, 0) is 6.54 Å². The zero-order valence-electron chi connectivity index (χ0n) is 11.4. The van der Waals surface area contributed by atoms with Crippen LogP contribution in [0.5, 0.6) is 0 Å². The summed E-state index contributed by atoms with van der Waals surface area (Å²) in [5, 5.41) is 8.66. The van der Waals surface area contributed by atoms with E-state index in [1.54, 1.807) is 0 Å². The summed E-state index contributed by atoms with van der Waals surface area (Å²) < 4.78 is 1.98. The van der Waals surface area contributed by atoms with Crippen LogP contribution >= 0.6 is 11.6 Å². The second kappa shape index (κ2) is 6.73. The summed E-state index contributed by atoms with van der Waals surface area (Å²) in [4.78, 5) is 0. The fourth-order valence-electron chi connectivity index (χ4n) is 2.20. The Morgan fingerprint density at radius 2 is 2.11 bits per heavy atom. The fourth-order valence-corrected chi connectivity index (χ4v) is 2.45. The average Bonchev–Trinajstić information content (AvgIpc) is 2.86.